The molecule has 14 heavy (non-hydrogen) atoms. The fourth-order valence-electron chi connectivity index (χ4n) is 1.51. The molecular weight excluding hydrogens is 179 g/mol. The van der Waals surface area contributed by atoms with E-state index in [2.05, 4.69) is 6.92 Å². The zero-order valence-electron chi connectivity index (χ0n) is 8.85. The summed E-state index contributed by atoms with van der Waals surface area (Å²) in [6, 6.07) is 4.69. The standard InChI is InChI=1S/C12H17FO/c1-3-4-5-6-10-9-11(13)7-8-12(10)14-2/h7-9H,3-6H2,1-2H3. The van der Waals surface area contributed by atoms with Gasteiger partial charge in [0.1, 0.15) is 11.6 Å². The van der Waals surface area contributed by atoms with Crippen LogP contribution in [0.2, 0.25) is 0 Å². The lowest BCUT2D eigenvalue weighted by atomic mass is 10.1. The van der Waals surface area contributed by atoms with E-state index in [1.165, 1.54) is 18.9 Å². The molecule has 0 N–H and O–H groups in total. The van der Waals surface area contributed by atoms with Crippen molar-refractivity contribution >= 4 is 0 Å². The number of ether oxygens (including phenoxy) is 1. The van der Waals surface area contributed by atoms with Crippen LogP contribution in [0.1, 0.15) is 31.7 Å². The van der Waals surface area contributed by atoms with Gasteiger partial charge in [0.25, 0.3) is 0 Å². The molecule has 1 rings (SSSR count). The highest BCUT2D eigenvalue weighted by atomic mass is 19.1. The molecule has 0 fully saturated rings. The Balaban J connectivity index is 2.67. The maximum atomic E-state index is 12.9. The van der Waals surface area contributed by atoms with Gasteiger partial charge in [-0.25, -0.2) is 4.39 Å². The molecule has 0 saturated heterocycles. The second-order valence-corrected chi connectivity index (χ2v) is 3.41. The Morgan fingerprint density at radius 3 is 2.71 bits per heavy atom. The van der Waals surface area contributed by atoms with Gasteiger partial charge < -0.3 is 4.74 Å². The number of halogens is 1. The van der Waals surface area contributed by atoms with Gasteiger partial charge in [-0.3, -0.25) is 0 Å². The zero-order chi connectivity index (χ0) is 10.4. The third-order valence-corrected chi connectivity index (χ3v) is 2.29. The Bertz CT molecular complexity index is 284. The van der Waals surface area contributed by atoms with Crippen LogP contribution in [-0.4, -0.2) is 7.11 Å². The van der Waals surface area contributed by atoms with Crippen LogP contribution in [0.15, 0.2) is 18.2 Å². The monoisotopic (exact) mass is 196 g/mol. The van der Waals surface area contributed by atoms with E-state index in [0.29, 0.717) is 0 Å². The van der Waals surface area contributed by atoms with Crippen molar-refractivity contribution in [3.63, 3.8) is 0 Å². The maximum Gasteiger partial charge on any atom is 0.123 e. The Kier molecular flexibility index (Phi) is 4.44. The van der Waals surface area contributed by atoms with Gasteiger partial charge in [0.2, 0.25) is 0 Å². The van der Waals surface area contributed by atoms with Crippen molar-refractivity contribution in [2.45, 2.75) is 32.6 Å². The summed E-state index contributed by atoms with van der Waals surface area (Å²) < 4.78 is 18.1. The minimum atomic E-state index is -0.183. The van der Waals surface area contributed by atoms with Crippen molar-refractivity contribution in [3.8, 4) is 5.75 Å². The van der Waals surface area contributed by atoms with E-state index >= 15 is 0 Å². The highest BCUT2D eigenvalue weighted by Gasteiger charge is 2.03. The van der Waals surface area contributed by atoms with Crippen LogP contribution in [-0.2, 0) is 6.42 Å². The second kappa shape index (κ2) is 5.63. The van der Waals surface area contributed by atoms with E-state index in [9.17, 15) is 4.39 Å². The Labute approximate surface area is 84.9 Å². The lowest BCUT2D eigenvalue weighted by Crippen LogP contribution is -1.93. The Morgan fingerprint density at radius 2 is 2.07 bits per heavy atom. The molecule has 0 unspecified atom stereocenters. The number of hydrogen-bond acceptors (Lipinski definition) is 1. The average Bonchev–Trinajstić information content (AvgIpc) is 2.19. The summed E-state index contributed by atoms with van der Waals surface area (Å²) in [4.78, 5) is 0. The van der Waals surface area contributed by atoms with Gasteiger partial charge >= 0.3 is 0 Å². The number of benzene rings is 1. The minimum absolute atomic E-state index is 0.183. The molecule has 0 atom stereocenters. The molecule has 78 valence electrons. The van der Waals surface area contributed by atoms with Crippen LogP contribution in [0.25, 0.3) is 0 Å². The van der Waals surface area contributed by atoms with Gasteiger partial charge in [-0.2, -0.15) is 0 Å². The van der Waals surface area contributed by atoms with Crippen LogP contribution in [0, 0.1) is 5.82 Å². The van der Waals surface area contributed by atoms with Gasteiger partial charge in [-0.15, -0.1) is 0 Å². The molecule has 0 aliphatic carbocycles. The Hall–Kier alpha value is -1.05. The molecule has 1 nitrogen and oxygen atoms in total. The first-order valence-corrected chi connectivity index (χ1v) is 5.10. The first-order valence-electron chi connectivity index (χ1n) is 5.10. The van der Waals surface area contributed by atoms with E-state index in [0.717, 1.165) is 24.2 Å². The summed E-state index contributed by atoms with van der Waals surface area (Å²) in [6.07, 6.45) is 4.35. The summed E-state index contributed by atoms with van der Waals surface area (Å²) in [5.74, 6) is 0.611. The number of unbranched alkanes of at least 4 members (excludes halogenated alkanes) is 2. The molecular formula is C12H17FO. The molecule has 0 aliphatic heterocycles. The smallest absolute Gasteiger partial charge is 0.123 e. The second-order valence-electron chi connectivity index (χ2n) is 3.41. The van der Waals surface area contributed by atoms with Crippen LogP contribution < -0.4 is 4.74 Å². The predicted molar refractivity (Wildman–Crippen MR) is 56.2 cm³/mol. The number of rotatable bonds is 5. The lowest BCUT2D eigenvalue weighted by Gasteiger charge is -2.07. The van der Waals surface area contributed by atoms with Gasteiger partial charge in [-0.1, -0.05) is 19.8 Å². The highest BCUT2D eigenvalue weighted by Crippen LogP contribution is 2.21. The van der Waals surface area contributed by atoms with Gasteiger partial charge in [0, 0.05) is 0 Å². The fourth-order valence-corrected chi connectivity index (χ4v) is 1.51. The molecule has 2 heteroatoms. The van der Waals surface area contributed by atoms with Crippen molar-refractivity contribution in [1.82, 2.24) is 0 Å². The molecule has 0 bridgehead atoms. The summed E-state index contributed by atoms with van der Waals surface area (Å²) in [5.41, 5.74) is 0.973. The lowest BCUT2D eigenvalue weighted by molar-refractivity contribution is 0.407. The summed E-state index contributed by atoms with van der Waals surface area (Å²) in [5, 5.41) is 0. The zero-order valence-corrected chi connectivity index (χ0v) is 8.85. The summed E-state index contributed by atoms with van der Waals surface area (Å²) in [6.45, 7) is 2.16. The van der Waals surface area contributed by atoms with Gasteiger partial charge in [0.15, 0.2) is 0 Å². The van der Waals surface area contributed by atoms with Crippen molar-refractivity contribution in [3.05, 3.63) is 29.6 Å². The largest absolute Gasteiger partial charge is 0.496 e. The molecule has 0 radical (unpaired) electrons. The van der Waals surface area contributed by atoms with Crippen molar-refractivity contribution in [1.29, 1.82) is 0 Å². The van der Waals surface area contributed by atoms with Crippen LogP contribution in [0.4, 0.5) is 4.39 Å². The molecule has 1 aromatic carbocycles. The van der Waals surface area contributed by atoms with E-state index in [4.69, 9.17) is 4.74 Å². The quantitative estimate of drug-likeness (QED) is 0.654. The van der Waals surface area contributed by atoms with Gasteiger partial charge in [0.05, 0.1) is 7.11 Å². The third-order valence-electron chi connectivity index (χ3n) is 2.29. The van der Waals surface area contributed by atoms with Crippen molar-refractivity contribution < 1.29 is 9.13 Å². The number of hydrogen-bond donors (Lipinski definition) is 0. The third kappa shape index (κ3) is 3.02. The number of methoxy groups -OCH3 is 1. The summed E-state index contributed by atoms with van der Waals surface area (Å²) >= 11 is 0. The average molecular weight is 196 g/mol. The van der Waals surface area contributed by atoms with Crippen molar-refractivity contribution in [2.24, 2.45) is 0 Å². The fraction of sp³-hybridized carbons (Fsp3) is 0.500. The molecule has 0 aliphatic rings. The van der Waals surface area contributed by atoms with E-state index in [1.54, 1.807) is 19.2 Å². The predicted octanol–water partition coefficient (Wildman–Crippen LogP) is 3.57. The molecule has 1 aromatic rings. The molecule has 0 spiro atoms. The minimum Gasteiger partial charge on any atom is -0.496 e. The SMILES string of the molecule is CCCCCc1cc(F)ccc1OC. The van der Waals surface area contributed by atoms with Crippen LogP contribution in [0.3, 0.4) is 0 Å². The Morgan fingerprint density at radius 1 is 1.29 bits per heavy atom. The maximum absolute atomic E-state index is 12.9. The van der Waals surface area contributed by atoms with Crippen molar-refractivity contribution in [2.75, 3.05) is 7.11 Å². The topological polar surface area (TPSA) is 9.23 Å². The summed E-state index contributed by atoms with van der Waals surface area (Å²) in [7, 11) is 1.62. The van der Waals surface area contributed by atoms with Crippen LogP contribution in [0.5, 0.6) is 5.75 Å². The van der Waals surface area contributed by atoms with E-state index in [-0.39, 0.29) is 5.82 Å². The van der Waals surface area contributed by atoms with Gasteiger partial charge in [-0.05, 0) is 36.6 Å². The highest BCUT2D eigenvalue weighted by molar-refractivity contribution is 5.33. The normalized spacial score (nSPS) is 10.2. The van der Waals surface area contributed by atoms with Crippen LogP contribution >= 0.6 is 0 Å². The molecule has 0 saturated carbocycles. The first kappa shape index (κ1) is 11.0. The number of aryl methyl sites for hydroxylation is 1. The van der Waals surface area contributed by atoms with E-state index < -0.39 is 0 Å². The molecule has 0 amide bonds. The molecule has 0 heterocycles. The first-order chi connectivity index (χ1) is 6.77. The molecule has 0 aromatic heterocycles. The van der Waals surface area contributed by atoms with E-state index in [1.807, 2.05) is 0 Å².